The van der Waals surface area contributed by atoms with Gasteiger partial charge in [0.1, 0.15) is 0 Å². The summed E-state index contributed by atoms with van der Waals surface area (Å²) in [6.45, 7) is 2.17. The molecule has 6 heteroatoms. The number of rotatable bonds is 9. The Morgan fingerprint density at radius 1 is 1.03 bits per heavy atom. The van der Waals surface area contributed by atoms with Gasteiger partial charge >= 0.3 is 0 Å². The topological polar surface area (TPSA) is 71.1 Å². The van der Waals surface area contributed by atoms with Gasteiger partial charge in [-0.25, -0.2) is 4.98 Å². The number of carbonyl (C=O) groups is 2. The Labute approximate surface area is 180 Å². The van der Waals surface area contributed by atoms with Crippen LogP contribution in [0.4, 0.5) is 10.8 Å². The van der Waals surface area contributed by atoms with E-state index in [4.69, 9.17) is 0 Å². The van der Waals surface area contributed by atoms with Crippen molar-refractivity contribution in [3.05, 3.63) is 82.9 Å². The predicted molar refractivity (Wildman–Crippen MR) is 124 cm³/mol. The lowest BCUT2D eigenvalue weighted by Gasteiger charge is -2.06. The van der Waals surface area contributed by atoms with E-state index in [9.17, 15) is 9.59 Å². The Hall–Kier alpha value is -3.25. The number of aryl methyl sites for hydroxylation is 1. The minimum atomic E-state index is -0.257. The summed E-state index contributed by atoms with van der Waals surface area (Å²) in [7, 11) is 0. The quantitative estimate of drug-likeness (QED) is 0.461. The van der Waals surface area contributed by atoms with E-state index >= 15 is 0 Å². The van der Waals surface area contributed by atoms with Crippen molar-refractivity contribution in [2.75, 3.05) is 10.6 Å². The van der Waals surface area contributed by atoms with E-state index in [2.05, 4.69) is 22.5 Å². The van der Waals surface area contributed by atoms with E-state index in [1.54, 1.807) is 11.5 Å². The minimum absolute atomic E-state index is 0.136. The predicted octanol–water partition coefficient (Wildman–Crippen LogP) is 5.32. The summed E-state index contributed by atoms with van der Waals surface area (Å²) in [6.07, 6.45) is 6.74. The molecular formula is C24H25N3O2S. The Bertz CT molecular complexity index is 995. The first-order chi connectivity index (χ1) is 14.6. The number of aromatic nitrogens is 1. The molecule has 0 atom stereocenters. The summed E-state index contributed by atoms with van der Waals surface area (Å²) >= 11 is 1.30. The van der Waals surface area contributed by atoms with Gasteiger partial charge in [-0.05, 0) is 42.2 Å². The van der Waals surface area contributed by atoms with Crippen molar-refractivity contribution in [2.45, 2.75) is 32.6 Å². The second-order valence-electron chi connectivity index (χ2n) is 6.90. The van der Waals surface area contributed by atoms with E-state index in [0.717, 1.165) is 30.5 Å². The lowest BCUT2D eigenvalue weighted by atomic mass is 10.1. The molecule has 1 heterocycles. The van der Waals surface area contributed by atoms with Crippen molar-refractivity contribution in [1.29, 1.82) is 0 Å². The van der Waals surface area contributed by atoms with Crippen molar-refractivity contribution in [3.8, 4) is 0 Å². The van der Waals surface area contributed by atoms with Crippen molar-refractivity contribution >= 4 is 40.0 Å². The molecule has 0 fully saturated rings. The Morgan fingerprint density at radius 3 is 2.53 bits per heavy atom. The molecule has 5 nitrogen and oxygen atoms in total. The maximum absolute atomic E-state index is 12.3. The van der Waals surface area contributed by atoms with Crippen molar-refractivity contribution in [1.82, 2.24) is 4.98 Å². The molecule has 0 spiro atoms. The fourth-order valence-electron chi connectivity index (χ4n) is 2.83. The first kappa shape index (κ1) is 21.5. The molecule has 0 unspecified atom stereocenters. The van der Waals surface area contributed by atoms with E-state index in [1.807, 2.05) is 54.6 Å². The summed E-state index contributed by atoms with van der Waals surface area (Å²) in [5.74, 6) is -0.393. The minimum Gasteiger partial charge on any atom is -0.326 e. The molecule has 2 amide bonds. The number of amides is 2. The van der Waals surface area contributed by atoms with Gasteiger partial charge in [0, 0.05) is 17.1 Å². The molecule has 0 saturated heterocycles. The highest BCUT2D eigenvalue weighted by Gasteiger charge is 2.09. The maximum atomic E-state index is 12.3. The lowest BCUT2D eigenvalue weighted by molar-refractivity contribution is -0.115. The van der Waals surface area contributed by atoms with Crippen LogP contribution >= 0.6 is 11.3 Å². The zero-order chi connectivity index (χ0) is 21.2. The molecule has 1 aromatic heterocycles. The van der Waals surface area contributed by atoms with Crippen LogP contribution in [0.15, 0.2) is 66.1 Å². The molecule has 0 aliphatic carbocycles. The van der Waals surface area contributed by atoms with Crippen LogP contribution in [0.25, 0.3) is 6.08 Å². The molecule has 30 heavy (non-hydrogen) atoms. The number of anilines is 2. The monoisotopic (exact) mass is 419 g/mol. The summed E-state index contributed by atoms with van der Waals surface area (Å²) in [5, 5.41) is 7.87. The zero-order valence-electron chi connectivity index (χ0n) is 16.9. The maximum Gasteiger partial charge on any atom is 0.250 e. The molecule has 0 aliphatic heterocycles. The van der Waals surface area contributed by atoms with Gasteiger partial charge in [-0.3, -0.25) is 14.9 Å². The van der Waals surface area contributed by atoms with Crippen LogP contribution in [0.1, 0.15) is 36.6 Å². The fourth-order valence-corrected chi connectivity index (χ4v) is 3.55. The third-order valence-electron chi connectivity index (χ3n) is 4.41. The average Bonchev–Trinajstić information content (AvgIpc) is 3.19. The third-order valence-corrected chi connectivity index (χ3v) is 5.21. The van der Waals surface area contributed by atoms with E-state index < -0.39 is 0 Å². The first-order valence-electron chi connectivity index (χ1n) is 9.99. The number of carbonyl (C=O) groups excluding carboxylic acids is 2. The van der Waals surface area contributed by atoms with Gasteiger partial charge in [0.05, 0.1) is 12.1 Å². The molecule has 2 aromatic carbocycles. The number of unbranched alkanes of at least 4 members (excludes halogenated alkanes) is 1. The molecule has 3 rings (SSSR count). The normalized spacial score (nSPS) is 10.8. The van der Waals surface area contributed by atoms with Crippen LogP contribution in [0.3, 0.4) is 0 Å². The molecule has 0 bridgehead atoms. The Balaban J connectivity index is 1.48. The number of thiazole rings is 1. The summed E-state index contributed by atoms with van der Waals surface area (Å²) in [4.78, 5) is 28.7. The van der Waals surface area contributed by atoms with Gasteiger partial charge in [0.2, 0.25) is 11.8 Å². The zero-order valence-corrected chi connectivity index (χ0v) is 17.7. The number of hydrogen-bond acceptors (Lipinski definition) is 4. The van der Waals surface area contributed by atoms with Gasteiger partial charge in [0.25, 0.3) is 0 Å². The molecular weight excluding hydrogens is 394 g/mol. The van der Waals surface area contributed by atoms with Crippen LogP contribution in [0.2, 0.25) is 0 Å². The van der Waals surface area contributed by atoms with Gasteiger partial charge in [-0.15, -0.1) is 11.3 Å². The van der Waals surface area contributed by atoms with E-state index in [0.29, 0.717) is 10.8 Å². The van der Waals surface area contributed by atoms with Crippen LogP contribution in [-0.4, -0.2) is 16.8 Å². The number of hydrogen-bond donors (Lipinski definition) is 2. The number of nitrogens with zero attached hydrogens (tertiary/aromatic N) is 1. The smallest absolute Gasteiger partial charge is 0.250 e. The van der Waals surface area contributed by atoms with Gasteiger partial charge < -0.3 is 5.32 Å². The summed E-state index contributed by atoms with van der Waals surface area (Å²) in [5.41, 5.74) is 3.62. The Morgan fingerprint density at radius 2 is 1.80 bits per heavy atom. The second-order valence-corrected chi connectivity index (χ2v) is 7.76. The number of nitrogens with one attached hydrogen (secondary N) is 2. The highest BCUT2D eigenvalue weighted by molar-refractivity contribution is 7.14. The largest absolute Gasteiger partial charge is 0.326 e. The van der Waals surface area contributed by atoms with Gasteiger partial charge in [0.15, 0.2) is 5.13 Å². The fraction of sp³-hybridized carbons (Fsp3) is 0.208. The number of benzene rings is 2. The van der Waals surface area contributed by atoms with E-state index in [-0.39, 0.29) is 18.2 Å². The van der Waals surface area contributed by atoms with Crippen LogP contribution in [-0.2, 0) is 22.4 Å². The molecule has 0 radical (unpaired) electrons. The van der Waals surface area contributed by atoms with Gasteiger partial charge in [-0.2, -0.15) is 0 Å². The molecule has 154 valence electrons. The Kier molecular flexibility index (Phi) is 7.92. The average molecular weight is 420 g/mol. The van der Waals surface area contributed by atoms with Crippen molar-refractivity contribution in [3.63, 3.8) is 0 Å². The van der Waals surface area contributed by atoms with E-state index in [1.165, 1.54) is 23.0 Å². The van der Waals surface area contributed by atoms with Gasteiger partial charge in [-0.1, -0.05) is 55.8 Å². The van der Waals surface area contributed by atoms with Crippen LogP contribution in [0, 0.1) is 0 Å². The molecule has 2 N–H and O–H groups in total. The SMILES string of the molecule is CCCCc1ccc(NC(=O)Cc2csc(NC(=O)/C=C/c3ccccc3)n2)cc1. The summed E-state index contributed by atoms with van der Waals surface area (Å²) < 4.78 is 0. The van der Waals surface area contributed by atoms with Crippen molar-refractivity contribution in [2.24, 2.45) is 0 Å². The highest BCUT2D eigenvalue weighted by Crippen LogP contribution is 2.17. The molecule has 0 aliphatic rings. The third kappa shape index (κ3) is 6.97. The van der Waals surface area contributed by atoms with Crippen LogP contribution < -0.4 is 10.6 Å². The summed E-state index contributed by atoms with van der Waals surface area (Å²) in [6, 6.07) is 17.5. The molecule has 3 aromatic rings. The lowest BCUT2D eigenvalue weighted by Crippen LogP contribution is -2.14. The van der Waals surface area contributed by atoms with Crippen molar-refractivity contribution < 1.29 is 9.59 Å². The first-order valence-corrected chi connectivity index (χ1v) is 10.9. The highest BCUT2D eigenvalue weighted by atomic mass is 32.1. The molecule has 0 saturated carbocycles. The standard InChI is InChI=1S/C24H25N3O2S/c1-2-3-7-19-10-13-20(14-11-19)25-23(29)16-21-17-30-24(26-21)27-22(28)15-12-18-8-5-4-6-9-18/h4-6,8-15,17H,2-3,7,16H2,1H3,(H,25,29)(H,26,27,28)/b15-12+. The second kappa shape index (κ2) is 11.1. The van der Waals surface area contributed by atoms with Crippen LogP contribution in [0.5, 0.6) is 0 Å².